The van der Waals surface area contributed by atoms with E-state index in [1.165, 1.54) is 6.08 Å². The molecule has 2 heterocycles. The van der Waals surface area contributed by atoms with Crippen molar-refractivity contribution in [1.29, 1.82) is 5.41 Å². The molecule has 0 bridgehead atoms. The average Bonchev–Trinajstić information content (AvgIpc) is 2.67. The third-order valence-electron chi connectivity index (χ3n) is 5.37. The molecule has 2 fully saturated rings. The van der Waals surface area contributed by atoms with Crippen LogP contribution in [-0.2, 0) is 19.0 Å². The number of rotatable bonds is 9. The van der Waals surface area contributed by atoms with E-state index in [1.54, 1.807) is 13.8 Å². The molecule has 0 aliphatic carbocycles. The molecule has 1 unspecified atom stereocenters. The van der Waals surface area contributed by atoms with Crippen molar-refractivity contribution < 1.29 is 24.1 Å². The molecule has 4 N–H and O–H groups in total. The quantitative estimate of drug-likeness (QED) is 0.343. The largest absolute Gasteiger partial charge is 0.494 e. The van der Waals surface area contributed by atoms with E-state index in [9.17, 15) is 9.90 Å². The predicted octanol–water partition coefficient (Wildman–Crippen LogP) is 2.64. The summed E-state index contributed by atoms with van der Waals surface area (Å²) in [5, 5.41) is 24.3. The Morgan fingerprint density at radius 2 is 1.86 bits per heavy atom. The number of carbonyl (C=O) groups is 1. The Hall–Kier alpha value is -1.48. The summed E-state index contributed by atoms with van der Waals surface area (Å²) >= 11 is 0. The molecule has 8 heteroatoms. The summed E-state index contributed by atoms with van der Waals surface area (Å²) < 4.78 is 16.7. The molecular weight excluding hydrogens is 374 g/mol. The fourth-order valence-electron chi connectivity index (χ4n) is 3.28. The molecule has 0 aromatic rings. The van der Waals surface area contributed by atoms with Crippen LogP contribution in [0.15, 0.2) is 12.0 Å². The van der Waals surface area contributed by atoms with Crippen LogP contribution >= 0.6 is 0 Å². The summed E-state index contributed by atoms with van der Waals surface area (Å²) in [6.07, 6.45) is 5.72. The van der Waals surface area contributed by atoms with Crippen LogP contribution in [0.3, 0.4) is 0 Å². The van der Waals surface area contributed by atoms with E-state index in [4.69, 9.17) is 19.6 Å². The first kappa shape index (κ1) is 23.8. The number of carbonyl (C=O) groups excluding carboxylic acids is 1. The minimum atomic E-state index is -0.858. The number of hydrogen-bond acceptors (Lipinski definition) is 7. The highest BCUT2D eigenvalue weighted by atomic mass is 16.7. The number of amides is 1. The van der Waals surface area contributed by atoms with Gasteiger partial charge in [0.15, 0.2) is 12.2 Å². The van der Waals surface area contributed by atoms with Gasteiger partial charge in [0, 0.05) is 43.1 Å². The lowest BCUT2D eigenvalue weighted by molar-refractivity contribution is -0.171. The lowest BCUT2D eigenvalue weighted by Crippen LogP contribution is -2.56. The van der Waals surface area contributed by atoms with E-state index >= 15 is 0 Å². The van der Waals surface area contributed by atoms with E-state index in [-0.39, 0.29) is 29.8 Å². The van der Waals surface area contributed by atoms with Gasteiger partial charge in [0.2, 0.25) is 5.91 Å². The fourth-order valence-corrected chi connectivity index (χ4v) is 3.28. The lowest BCUT2D eigenvalue weighted by atomic mass is 9.88. The molecule has 2 saturated heterocycles. The van der Waals surface area contributed by atoms with Gasteiger partial charge in [0.1, 0.15) is 0 Å². The van der Waals surface area contributed by atoms with Crippen molar-refractivity contribution in [2.24, 2.45) is 5.41 Å². The first-order valence-corrected chi connectivity index (χ1v) is 10.5. The molecule has 1 amide bonds. The molecule has 2 aliphatic rings. The maximum absolute atomic E-state index is 12.6. The van der Waals surface area contributed by atoms with Crippen LogP contribution in [-0.4, -0.2) is 61.0 Å². The summed E-state index contributed by atoms with van der Waals surface area (Å²) in [6.45, 7) is 9.64. The molecule has 0 aromatic heterocycles. The number of aliphatic hydroxyl groups excluding tert-OH is 1. The second-order valence-electron chi connectivity index (χ2n) is 9.04. The number of hydrogen-bond donors (Lipinski definition) is 4. The van der Waals surface area contributed by atoms with Crippen molar-refractivity contribution in [2.75, 3.05) is 26.4 Å². The van der Waals surface area contributed by atoms with E-state index in [1.807, 2.05) is 13.8 Å². The Morgan fingerprint density at radius 1 is 1.17 bits per heavy atom. The third kappa shape index (κ3) is 7.70. The fraction of sp³-hybridized carbons (Fsp3) is 0.810. The number of nitrogens with one attached hydrogen (secondary N) is 3. The SMILES string of the molecule is CC(C)(COC1CCCCO1)C(=N)/C=C(\O)NC(=O)C(C)(C)NC1CCOCC1. The number of allylic oxidation sites excluding steroid dienone is 1. The molecule has 0 aromatic carbocycles. The van der Waals surface area contributed by atoms with E-state index in [0.29, 0.717) is 26.4 Å². The van der Waals surface area contributed by atoms with Gasteiger partial charge in [-0.3, -0.25) is 10.1 Å². The Bertz CT molecular complexity index is 591. The van der Waals surface area contributed by atoms with Crippen molar-refractivity contribution >= 4 is 11.6 Å². The van der Waals surface area contributed by atoms with E-state index in [2.05, 4.69) is 10.6 Å². The Kier molecular flexibility index (Phi) is 8.63. The maximum Gasteiger partial charge on any atom is 0.246 e. The molecule has 0 radical (unpaired) electrons. The lowest BCUT2D eigenvalue weighted by Gasteiger charge is -2.32. The van der Waals surface area contributed by atoms with Gasteiger partial charge >= 0.3 is 0 Å². The molecule has 1 atom stereocenters. The molecular formula is C21H37N3O5. The highest BCUT2D eigenvalue weighted by Crippen LogP contribution is 2.22. The van der Waals surface area contributed by atoms with Crippen molar-refractivity contribution in [3.8, 4) is 0 Å². The van der Waals surface area contributed by atoms with Crippen LogP contribution in [0.5, 0.6) is 0 Å². The topological polar surface area (TPSA) is 113 Å². The van der Waals surface area contributed by atoms with Crippen molar-refractivity contribution in [2.45, 2.75) is 77.7 Å². The van der Waals surface area contributed by atoms with Gasteiger partial charge < -0.3 is 30.0 Å². The zero-order valence-electron chi connectivity index (χ0n) is 18.2. The van der Waals surface area contributed by atoms with Gasteiger partial charge in [-0.15, -0.1) is 0 Å². The Morgan fingerprint density at radius 3 is 2.48 bits per heavy atom. The van der Waals surface area contributed by atoms with Crippen LogP contribution < -0.4 is 10.6 Å². The first-order valence-electron chi connectivity index (χ1n) is 10.5. The highest BCUT2D eigenvalue weighted by molar-refractivity contribution is 5.98. The molecule has 0 saturated carbocycles. The molecule has 2 aliphatic heterocycles. The third-order valence-corrected chi connectivity index (χ3v) is 5.37. The van der Waals surface area contributed by atoms with Crippen LogP contribution in [0.4, 0.5) is 0 Å². The molecule has 166 valence electrons. The minimum absolute atomic E-state index is 0.168. The normalized spacial score (nSPS) is 22.3. The Balaban J connectivity index is 1.85. The minimum Gasteiger partial charge on any atom is -0.494 e. The summed E-state index contributed by atoms with van der Waals surface area (Å²) in [5.74, 6) is -0.695. The molecule has 29 heavy (non-hydrogen) atoms. The van der Waals surface area contributed by atoms with Gasteiger partial charge in [-0.2, -0.15) is 0 Å². The highest BCUT2D eigenvalue weighted by Gasteiger charge is 2.32. The van der Waals surface area contributed by atoms with E-state index < -0.39 is 11.0 Å². The number of aliphatic hydroxyl groups is 1. The maximum atomic E-state index is 12.6. The summed E-state index contributed by atoms with van der Waals surface area (Å²) in [5.41, 5.74) is -1.32. The van der Waals surface area contributed by atoms with Crippen molar-refractivity contribution in [3.63, 3.8) is 0 Å². The van der Waals surface area contributed by atoms with Gasteiger partial charge in [-0.1, -0.05) is 13.8 Å². The predicted molar refractivity (Wildman–Crippen MR) is 111 cm³/mol. The zero-order valence-corrected chi connectivity index (χ0v) is 18.2. The van der Waals surface area contributed by atoms with Crippen molar-refractivity contribution in [3.05, 3.63) is 12.0 Å². The van der Waals surface area contributed by atoms with Crippen LogP contribution in [0.25, 0.3) is 0 Å². The second kappa shape index (κ2) is 10.5. The summed E-state index contributed by atoms with van der Waals surface area (Å²) in [7, 11) is 0. The molecule has 8 nitrogen and oxygen atoms in total. The summed E-state index contributed by atoms with van der Waals surface area (Å²) in [4.78, 5) is 12.6. The van der Waals surface area contributed by atoms with Crippen molar-refractivity contribution in [1.82, 2.24) is 10.6 Å². The Labute approximate surface area is 173 Å². The molecule has 2 rings (SSSR count). The van der Waals surface area contributed by atoms with Crippen LogP contribution in [0, 0.1) is 10.8 Å². The average molecular weight is 412 g/mol. The van der Waals surface area contributed by atoms with Gasteiger partial charge in [0.25, 0.3) is 0 Å². The standard InChI is InChI=1S/C21H37N3O5/c1-20(2,14-29-18-7-5-6-10-28-18)16(22)13-17(25)23-19(26)21(3,4)24-15-8-11-27-12-9-15/h13,15,18,22,24-25H,5-12,14H2,1-4H3,(H,23,26)/b17-13-,22-16?. The second-order valence-corrected chi connectivity index (χ2v) is 9.04. The zero-order chi connectivity index (χ0) is 21.5. The number of ether oxygens (including phenoxy) is 3. The van der Waals surface area contributed by atoms with Crippen LogP contribution in [0.2, 0.25) is 0 Å². The van der Waals surface area contributed by atoms with E-state index in [0.717, 1.165) is 32.1 Å². The van der Waals surface area contributed by atoms with Gasteiger partial charge in [-0.05, 0) is 46.0 Å². The monoisotopic (exact) mass is 411 g/mol. The smallest absolute Gasteiger partial charge is 0.246 e. The first-order chi connectivity index (χ1) is 13.6. The molecule has 0 spiro atoms. The van der Waals surface area contributed by atoms with Gasteiger partial charge in [-0.25, -0.2) is 0 Å². The van der Waals surface area contributed by atoms with Crippen LogP contribution in [0.1, 0.15) is 59.8 Å². The van der Waals surface area contributed by atoms with Gasteiger partial charge in [0.05, 0.1) is 12.1 Å². The summed E-state index contributed by atoms with van der Waals surface area (Å²) in [6, 6.07) is 0.201.